The van der Waals surface area contributed by atoms with Gasteiger partial charge in [0.25, 0.3) is 0 Å². The molecule has 0 unspecified atom stereocenters. The molecule has 0 saturated carbocycles. The normalized spacial score (nSPS) is 12.0. The van der Waals surface area contributed by atoms with Crippen molar-refractivity contribution in [2.75, 3.05) is 0 Å². The number of carbonyl (C=O) groups is 1. The second-order valence-corrected chi connectivity index (χ2v) is 5.41. The highest BCUT2D eigenvalue weighted by Crippen LogP contribution is 2.27. The monoisotopic (exact) mass is 324 g/mol. The molecule has 0 aliphatic carbocycles. The Balaban J connectivity index is 2.22. The molecule has 1 atom stereocenters. The first-order valence-electron chi connectivity index (χ1n) is 6.37. The van der Waals surface area contributed by atoms with Crippen LogP contribution in [0.2, 0.25) is 10.0 Å². The molecule has 0 aliphatic heterocycles. The Morgan fingerprint density at radius 1 is 1.19 bits per heavy atom. The van der Waals surface area contributed by atoms with Crippen molar-refractivity contribution in [3.8, 4) is 5.75 Å². The van der Waals surface area contributed by atoms with E-state index in [0.717, 1.165) is 5.56 Å². The number of carboxylic acid groups (broad SMARTS) is 1. The van der Waals surface area contributed by atoms with E-state index in [1.54, 1.807) is 30.3 Å². The van der Waals surface area contributed by atoms with Crippen molar-refractivity contribution in [1.29, 1.82) is 0 Å². The fraction of sp³-hybridized carbons (Fsp3) is 0.188. The lowest BCUT2D eigenvalue weighted by molar-refractivity contribution is -0.145. The molecule has 5 heteroatoms. The van der Waals surface area contributed by atoms with Gasteiger partial charge in [0.1, 0.15) is 5.75 Å². The zero-order valence-electron chi connectivity index (χ0n) is 11.3. The molecular formula is C16H14Cl2O3. The minimum atomic E-state index is -1.05. The molecule has 3 nitrogen and oxygen atoms in total. The first-order chi connectivity index (χ1) is 9.99. The maximum atomic E-state index is 11.4. The van der Waals surface area contributed by atoms with Gasteiger partial charge in [0.15, 0.2) is 6.10 Å². The van der Waals surface area contributed by atoms with Crippen LogP contribution in [0.5, 0.6) is 5.75 Å². The summed E-state index contributed by atoms with van der Waals surface area (Å²) in [7, 11) is 0. The Morgan fingerprint density at radius 3 is 2.57 bits per heavy atom. The molecule has 0 spiro atoms. The topological polar surface area (TPSA) is 46.5 Å². The summed E-state index contributed by atoms with van der Waals surface area (Å²) in [5.41, 5.74) is 1.52. The van der Waals surface area contributed by atoms with E-state index in [9.17, 15) is 9.90 Å². The minimum absolute atomic E-state index is 0.142. The van der Waals surface area contributed by atoms with E-state index < -0.39 is 12.1 Å². The third kappa shape index (κ3) is 3.90. The van der Waals surface area contributed by atoms with Gasteiger partial charge in [-0.25, -0.2) is 4.79 Å². The van der Waals surface area contributed by atoms with E-state index in [1.807, 2.05) is 19.1 Å². The van der Waals surface area contributed by atoms with Crippen LogP contribution in [0, 0.1) is 6.92 Å². The predicted octanol–water partition coefficient (Wildman–Crippen LogP) is 4.38. The molecule has 2 aromatic rings. The summed E-state index contributed by atoms with van der Waals surface area (Å²) < 4.78 is 5.60. The second kappa shape index (κ2) is 6.83. The zero-order chi connectivity index (χ0) is 15.4. The van der Waals surface area contributed by atoms with Gasteiger partial charge in [-0.1, -0.05) is 53.5 Å². The largest absolute Gasteiger partial charge is 0.478 e. The van der Waals surface area contributed by atoms with Gasteiger partial charge < -0.3 is 9.84 Å². The number of aryl methyl sites for hydroxylation is 1. The number of hydrogen-bond donors (Lipinski definition) is 1. The van der Waals surface area contributed by atoms with Crippen molar-refractivity contribution in [3.05, 3.63) is 63.6 Å². The molecule has 0 aromatic heterocycles. The molecular weight excluding hydrogens is 311 g/mol. The highest BCUT2D eigenvalue weighted by molar-refractivity contribution is 6.42. The first kappa shape index (κ1) is 15.7. The predicted molar refractivity (Wildman–Crippen MR) is 83.4 cm³/mol. The van der Waals surface area contributed by atoms with Gasteiger partial charge in [-0.15, -0.1) is 0 Å². The quantitative estimate of drug-likeness (QED) is 0.887. The number of halogens is 2. The van der Waals surface area contributed by atoms with Gasteiger partial charge >= 0.3 is 5.97 Å². The lowest BCUT2D eigenvalue weighted by Crippen LogP contribution is -2.29. The highest BCUT2D eigenvalue weighted by Gasteiger charge is 2.22. The van der Waals surface area contributed by atoms with Crippen LogP contribution in [0.1, 0.15) is 11.1 Å². The van der Waals surface area contributed by atoms with Crippen LogP contribution < -0.4 is 4.74 Å². The molecule has 0 bridgehead atoms. The number of ether oxygens (including phenoxy) is 1. The number of rotatable bonds is 5. The fourth-order valence-corrected chi connectivity index (χ4v) is 2.32. The van der Waals surface area contributed by atoms with Crippen LogP contribution >= 0.6 is 23.2 Å². The molecule has 2 rings (SSSR count). The van der Waals surface area contributed by atoms with Crippen molar-refractivity contribution in [3.63, 3.8) is 0 Å². The Labute approximate surface area is 133 Å². The summed E-state index contributed by atoms with van der Waals surface area (Å²) in [4.78, 5) is 11.4. The van der Waals surface area contributed by atoms with Crippen LogP contribution in [0.3, 0.4) is 0 Å². The third-order valence-corrected chi connectivity index (χ3v) is 3.93. The van der Waals surface area contributed by atoms with Crippen LogP contribution in [0.15, 0.2) is 42.5 Å². The highest BCUT2D eigenvalue weighted by atomic mass is 35.5. The molecule has 0 aliphatic rings. The standard InChI is InChI=1S/C16H14Cl2O3/c1-10-5-2-3-8-13(10)21-14(16(19)20)9-11-6-4-7-12(17)15(11)18/h2-8,14H,9H2,1H3,(H,19,20)/t14-/m0/s1. The lowest BCUT2D eigenvalue weighted by Gasteiger charge is -2.17. The number of hydrogen-bond acceptors (Lipinski definition) is 2. The SMILES string of the molecule is Cc1ccccc1O[C@@H](Cc1cccc(Cl)c1Cl)C(=O)O. The van der Waals surface area contributed by atoms with Crippen LogP contribution in [0.25, 0.3) is 0 Å². The van der Waals surface area contributed by atoms with Gasteiger partial charge in [0.2, 0.25) is 0 Å². The molecule has 0 fully saturated rings. The van der Waals surface area contributed by atoms with Crippen LogP contribution in [-0.4, -0.2) is 17.2 Å². The van der Waals surface area contributed by atoms with Crippen molar-refractivity contribution in [1.82, 2.24) is 0 Å². The van der Waals surface area contributed by atoms with Crippen molar-refractivity contribution in [2.24, 2.45) is 0 Å². The number of benzene rings is 2. The van der Waals surface area contributed by atoms with E-state index in [2.05, 4.69) is 0 Å². The number of carboxylic acids is 1. The van der Waals surface area contributed by atoms with E-state index in [0.29, 0.717) is 21.4 Å². The van der Waals surface area contributed by atoms with Crippen molar-refractivity contribution < 1.29 is 14.6 Å². The van der Waals surface area contributed by atoms with Crippen LogP contribution in [0.4, 0.5) is 0 Å². The van der Waals surface area contributed by atoms with Gasteiger partial charge in [0.05, 0.1) is 10.0 Å². The maximum Gasteiger partial charge on any atom is 0.345 e. The van der Waals surface area contributed by atoms with Crippen molar-refractivity contribution >= 4 is 29.2 Å². The molecule has 110 valence electrons. The zero-order valence-corrected chi connectivity index (χ0v) is 12.9. The number of aliphatic carboxylic acids is 1. The molecule has 0 heterocycles. The summed E-state index contributed by atoms with van der Waals surface area (Å²) in [5, 5.41) is 10.1. The first-order valence-corrected chi connectivity index (χ1v) is 7.12. The summed E-state index contributed by atoms with van der Waals surface area (Å²) in [6.07, 6.45) is -0.884. The summed E-state index contributed by atoms with van der Waals surface area (Å²) >= 11 is 12.0. The average Bonchev–Trinajstić information content (AvgIpc) is 2.45. The molecule has 0 saturated heterocycles. The van der Waals surface area contributed by atoms with Gasteiger partial charge in [-0.2, -0.15) is 0 Å². The Morgan fingerprint density at radius 2 is 1.90 bits per heavy atom. The van der Waals surface area contributed by atoms with Crippen LogP contribution in [-0.2, 0) is 11.2 Å². The number of para-hydroxylation sites is 1. The fourth-order valence-electron chi connectivity index (χ4n) is 1.93. The molecule has 1 N–H and O–H groups in total. The summed E-state index contributed by atoms with van der Waals surface area (Å²) in [6, 6.07) is 12.4. The molecule has 0 amide bonds. The molecule has 0 radical (unpaired) electrons. The summed E-state index contributed by atoms with van der Waals surface area (Å²) in [6.45, 7) is 1.86. The average molecular weight is 325 g/mol. The Hall–Kier alpha value is -1.71. The van der Waals surface area contributed by atoms with E-state index in [1.165, 1.54) is 0 Å². The van der Waals surface area contributed by atoms with E-state index in [-0.39, 0.29) is 6.42 Å². The molecule has 21 heavy (non-hydrogen) atoms. The van der Waals surface area contributed by atoms with Gasteiger partial charge in [-0.3, -0.25) is 0 Å². The Kier molecular flexibility index (Phi) is 5.10. The maximum absolute atomic E-state index is 11.4. The Bertz CT molecular complexity index is 656. The van der Waals surface area contributed by atoms with Gasteiger partial charge in [0, 0.05) is 6.42 Å². The lowest BCUT2D eigenvalue weighted by atomic mass is 10.1. The van der Waals surface area contributed by atoms with Gasteiger partial charge in [-0.05, 0) is 30.2 Å². The molecule has 2 aromatic carbocycles. The van der Waals surface area contributed by atoms with E-state index >= 15 is 0 Å². The smallest absolute Gasteiger partial charge is 0.345 e. The second-order valence-electron chi connectivity index (χ2n) is 4.63. The summed E-state index contributed by atoms with van der Waals surface area (Å²) in [5.74, 6) is -0.502. The minimum Gasteiger partial charge on any atom is -0.478 e. The van der Waals surface area contributed by atoms with E-state index in [4.69, 9.17) is 27.9 Å². The van der Waals surface area contributed by atoms with Crippen molar-refractivity contribution in [2.45, 2.75) is 19.4 Å². The third-order valence-electron chi connectivity index (χ3n) is 3.08.